The number of benzene rings is 2. The average molecular weight is 473 g/mol. The van der Waals surface area contributed by atoms with Crippen LogP contribution in [0.5, 0.6) is 11.5 Å². The fraction of sp³-hybridized carbons (Fsp3) is 0.462. The predicted molar refractivity (Wildman–Crippen MR) is 132 cm³/mol. The number of carbonyl (C=O) groups is 2. The molecule has 0 spiro atoms. The standard InChI is InChI=1S/C26H36N2O6/c29-23-15-11-13-21(19-23)27-25(31)33-17-9-7-5-3-1-2-4-6-8-10-18-34-26(32)28-22-14-12-16-24(30)20-22/h11-16,19-20,29-30H,1-10,17-18H2,(H,27,31)(H,28,32). The molecule has 0 heterocycles. The van der Waals surface area contributed by atoms with Gasteiger partial charge in [-0.25, -0.2) is 9.59 Å². The maximum absolute atomic E-state index is 11.7. The summed E-state index contributed by atoms with van der Waals surface area (Å²) in [7, 11) is 0. The van der Waals surface area contributed by atoms with Crippen LogP contribution in [0.3, 0.4) is 0 Å². The van der Waals surface area contributed by atoms with Crippen LogP contribution in [-0.2, 0) is 9.47 Å². The van der Waals surface area contributed by atoms with Crippen LogP contribution in [0.15, 0.2) is 48.5 Å². The molecule has 0 unspecified atom stereocenters. The van der Waals surface area contributed by atoms with E-state index in [1.165, 1.54) is 49.9 Å². The number of amides is 2. The summed E-state index contributed by atoms with van der Waals surface area (Å²) in [5.41, 5.74) is 1.01. The minimum absolute atomic E-state index is 0.0959. The van der Waals surface area contributed by atoms with Crippen molar-refractivity contribution in [2.75, 3.05) is 23.8 Å². The van der Waals surface area contributed by atoms with E-state index in [4.69, 9.17) is 9.47 Å². The topological polar surface area (TPSA) is 117 Å². The Bertz CT molecular complexity index is 802. The molecule has 2 aromatic carbocycles. The molecule has 2 rings (SSSR count). The minimum atomic E-state index is -0.506. The fourth-order valence-electron chi connectivity index (χ4n) is 3.42. The van der Waals surface area contributed by atoms with E-state index in [2.05, 4.69) is 10.6 Å². The van der Waals surface area contributed by atoms with Crippen LogP contribution in [0.2, 0.25) is 0 Å². The SMILES string of the molecule is O=C(Nc1cccc(O)c1)OCCCCCCCCCCCCOC(=O)Nc1cccc(O)c1. The first kappa shape index (κ1) is 26.8. The zero-order valence-electron chi connectivity index (χ0n) is 19.6. The predicted octanol–water partition coefficient (Wildman–Crippen LogP) is 6.80. The Morgan fingerprint density at radius 3 is 1.29 bits per heavy atom. The van der Waals surface area contributed by atoms with Crippen molar-refractivity contribution in [3.63, 3.8) is 0 Å². The fourth-order valence-corrected chi connectivity index (χ4v) is 3.42. The number of nitrogens with one attached hydrogen (secondary N) is 2. The molecule has 8 heteroatoms. The van der Waals surface area contributed by atoms with Gasteiger partial charge in [-0.15, -0.1) is 0 Å². The van der Waals surface area contributed by atoms with E-state index in [0.29, 0.717) is 24.6 Å². The summed E-state index contributed by atoms with van der Waals surface area (Å²) in [5, 5.41) is 23.9. The van der Waals surface area contributed by atoms with Crippen molar-refractivity contribution in [3.05, 3.63) is 48.5 Å². The van der Waals surface area contributed by atoms with Crippen molar-refractivity contribution in [1.29, 1.82) is 0 Å². The molecular weight excluding hydrogens is 436 g/mol. The second kappa shape index (κ2) is 16.2. The van der Waals surface area contributed by atoms with Crippen molar-refractivity contribution >= 4 is 23.6 Å². The molecule has 0 aliphatic carbocycles. The zero-order valence-corrected chi connectivity index (χ0v) is 19.6. The number of hydrogen-bond donors (Lipinski definition) is 4. The van der Waals surface area contributed by atoms with Gasteiger partial charge in [0.1, 0.15) is 11.5 Å². The van der Waals surface area contributed by atoms with Crippen LogP contribution >= 0.6 is 0 Å². The molecule has 4 N–H and O–H groups in total. The first-order chi connectivity index (χ1) is 16.5. The third-order valence-corrected chi connectivity index (χ3v) is 5.19. The van der Waals surface area contributed by atoms with E-state index in [1.807, 2.05) is 0 Å². The molecule has 0 saturated heterocycles. The number of rotatable bonds is 15. The molecule has 0 radical (unpaired) electrons. The van der Waals surface area contributed by atoms with Crippen molar-refractivity contribution in [3.8, 4) is 11.5 Å². The summed E-state index contributed by atoms with van der Waals surface area (Å²) < 4.78 is 10.3. The molecule has 2 amide bonds. The highest BCUT2D eigenvalue weighted by atomic mass is 16.6. The highest BCUT2D eigenvalue weighted by molar-refractivity contribution is 5.85. The summed E-state index contributed by atoms with van der Waals surface area (Å²) in [6.07, 6.45) is 9.72. The molecule has 0 aliphatic rings. The molecular formula is C26H36N2O6. The number of phenolic OH excluding ortho intramolecular Hbond substituents is 2. The first-order valence-corrected chi connectivity index (χ1v) is 12.0. The lowest BCUT2D eigenvalue weighted by molar-refractivity contribution is 0.158. The molecule has 0 atom stereocenters. The maximum atomic E-state index is 11.7. The van der Waals surface area contributed by atoms with E-state index in [9.17, 15) is 19.8 Å². The molecule has 0 fully saturated rings. The van der Waals surface area contributed by atoms with Gasteiger partial charge in [0.05, 0.1) is 13.2 Å². The van der Waals surface area contributed by atoms with E-state index in [-0.39, 0.29) is 11.5 Å². The van der Waals surface area contributed by atoms with Crippen molar-refractivity contribution in [2.45, 2.75) is 64.2 Å². The number of ether oxygens (including phenoxy) is 2. The van der Waals surface area contributed by atoms with Gasteiger partial charge < -0.3 is 19.7 Å². The molecule has 0 bridgehead atoms. The highest BCUT2D eigenvalue weighted by Gasteiger charge is 2.04. The molecule has 0 aliphatic heterocycles. The van der Waals surface area contributed by atoms with Crippen LogP contribution in [0.25, 0.3) is 0 Å². The lowest BCUT2D eigenvalue weighted by atomic mass is 10.1. The molecule has 34 heavy (non-hydrogen) atoms. The Balaban J connectivity index is 1.32. The van der Waals surface area contributed by atoms with Crippen LogP contribution in [-0.4, -0.2) is 35.6 Å². The number of carbonyl (C=O) groups excluding carboxylic acids is 2. The Morgan fingerprint density at radius 1 is 0.588 bits per heavy atom. The number of hydrogen-bond acceptors (Lipinski definition) is 6. The van der Waals surface area contributed by atoms with Gasteiger partial charge in [0.15, 0.2) is 0 Å². The van der Waals surface area contributed by atoms with Crippen molar-refractivity contribution in [2.24, 2.45) is 0 Å². The minimum Gasteiger partial charge on any atom is -0.508 e. The van der Waals surface area contributed by atoms with Gasteiger partial charge in [0.25, 0.3) is 0 Å². The highest BCUT2D eigenvalue weighted by Crippen LogP contribution is 2.17. The third-order valence-electron chi connectivity index (χ3n) is 5.19. The number of unbranched alkanes of at least 4 members (excludes halogenated alkanes) is 9. The normalized spacial score (nSPS) is 10.5. The Morgan fingerprint density at radius 2 is 0.941 bits per heavy atom. The lowest BCUT2D eigenvalue weighted by Gasteiger charge is -2.08. The van der Waals surface area contributed by atoms with E-state index in [0.717, 1.165) is 38.5 Å². The van der Waals surface area contributed by atoms with E-state index < -0.39 is 12.2 Å². The quantitative estimate of drug-likeness (QED) is 0.212. The number of anilines is 2. The van der Waals surface area contributed by atoms with E-state index >= 15 is 0 Å². The lowest BCUT2D eigenvalue weighted by Crippen LogP contribution is -2.14. The van der Waals surface area contributed by atoms with Gasteiger partial charge in [-0.1, -0.05) is 63.5 Å². The van der Waals surface area contributed by atoms with Crippen LogP contribution in [0.1, 0.15) is 64.2 Å². The van der Waals surface area contributed by atoms with Crippen LogP contribution < -0.4 is 10.6 Å². The second-order valence-electron chi connectivity index (χ2n) is 8.16. The van der Waals surface area contributed by atoms with Gasteiger partial charge >= 0.3 is 12.2 Å². The van der Waals surface area contributed by atoms with Gasteiger partial charge in [-0.2, -0.15) is 0 Å². The largest absolute Gasteiger partial charge is 0.508 e. The van der Waals surface area contributed by atoms with Gasteiger partial charge in [-0.05, 0) is 37.1 Å². The summed E-state index contributed by atoms with van der Waals surface area (Å²) in [6.45, 7) is 0.775. The first-order valence-electron chi connectivity index (χ1n) is 12.0. The molecule has 0 aromatic heterocycles. The molecule has 8 nitrogen and oxygen atoms in total. The number of phenols is 2. The summed E-state index contributed by atoms with van der Waals surface area (Å²) in [4.78, 5) is 23.4. The molecule has 2 aromatic rings. The maximum Gasteiger partial charge on any atom is 0.411 e. The molecule has 186 valence electrons. The average Bonchev–Trinajstić information content (AvgIpc) is 2.79. The van der Waals surface area contributed by atoms with Gasteiger partial charge in [-0.3, -0.25) is 10.6 Å². The Hall–Kier alpha value is -3.42. The van der Waals surface area contributed by atoms with E-state index in [1.54, 1.807) is 24.3 Å². The van der Waals surface area contributed by atoms with Gasteiger partial charge in [0, 0.05) is 23.5 Å². The van der Waals surface area contributed by atoms with Crippen molar-refractivity contribution in [1.82, 2.24) is 0 Å². The molecule has 0 saturated carbocycles. The summed E-state index contributed by atoms with van der Waals surface area (Å²) in [5.74, 6) is 0.192. The van der Waals surface area contributed by atoms with Crippen molar-refractivity contribution < 1.29 is 29.3 Å². The number of aromatic hydroxyl groups is 2. The zero-order chi connectivity index (χ0) is 24.4. The Labute approximate surface area is 201 Å². The third kappa shape index (κ3) is 12.6. The van der Waals surface area contributed by atoms with Crippen LogP contribution in [0, 0.1) is 0 Å². The smallest absolute Gasteiger partial charge is 0.411 e. The summed E-state index contributed by atoms with van der Waals surface area (Å²) in [6, 6.07) is 12.7. The van der Waals surface area contributed by atoms with Gasteiger partial charge in [0.2, 0.25) is 0 Å². The monoisotopic (exact) mass is 472 g/mol. The Kier molecular flexibility index (Phi) is 12.8. The van der Waals surface area contributed by atoms with Crippen LogP contribution in [0.4, 0.5) is 21.0 Å². The summed E-state index contributed by atoms with van der Waals surface area (Å²) >= 11 is 0. The second-order valence-corrected chi connectivity index (χ2v) is 8.16.